The summed E-state index contributed by atoms with van der Waals surface area (Å²) >= 11 is 0. The lowest BCUT2D eigenvalue weighted by Gasteiger charge is -2.17. The van der Waals surface area contributed by atoms with Crippen LogP contribution < -0.4 is 24.8 Å². The lowest BCUT2D eigenvalue weighted by atomic mass is 10.2. The summed E-state index contributed by atoms with van der Waals surface area (Å²) < 4.78 is 16.5. The van der Waals surface area contributed by atoms with Gasteiger partial charge >= 0.3 is 0 Å². The molecule has 0 radical (unpaired) electrons. The summed E-state index contributed by atoms with van der Waals surface area (Å²) in [5.41, 5.74) is 0.994. The Morgan fingerprint density at radius 2 is 1.72 bits per heavy atom. The summed E-state index contributed by atoms with van der Waals surface area (Å²) in [6.45, 7) is 10.1. The van der Waals surface area contributed by atoms with Crippen molar-refractivity contribution in [3.05, 3.63) is 17.7 Å². The van der Waals surface area contributed by atoms with Crippen molar-refractivity contribution < 1.29 is 14.2 Å². The molecule has 6 nitrogen and oxygen atoms in total. The number of ether oxygens (including phenoxy) is 3. The summed E-state index contributed by atoms with van der Waals surface area (Å²) in [6.07, 6.45) is 1.04. The summed E-state index contributed by atoms with van der Waals surface area (Å²) in [5, 5.41) is 6.64. The molecule has 144 valence electrons. The molecule has 0 heterocycles. The van der Waals surface area contributed by atoms with E-state index < -0.39 is 0 Å². The van der Waals surface area contributed by atoms with Gasteiger partial charge in [0.15, 0.2) is 17.5 Å². The number of hydrogen-bond acceptors (Lipinski definition) is 4. The zero-order valence-corrected chi connectivity index (χ0v) is 18.5. The van der Waals surface area contributed by atoms with Gasteiger partial charge < -0.3 is 24.8 Å². The first kappa shape index (κ1) is 23.6. The van der Waals surface area contributed by atoms with Crippen LogP contribution in [0.15, 0.2) is 17.1 Å². The maximum absolute atomic E-state index is 5.63. The second-order valence-electron chi connectivity index (χ2n) is 5.41. The van der Waals surface area contributed by atoms with Gasteiger partial charge in [-0.1, -0.05) is 6.92 Å². The third-order valence-corrected chi connectivity index (χ3v) is 3.57. The molecule has 0 aliphatic rings. The van der Waals surface area contributed by atoms with Crippen LogP contribution in [0, 0.1) is 0 Å². The third-order valence-electron chi connectivity index (χ3n) is 3.57. The number of nitrogens with zero attached hydrogens (tertiary/aromatic N) is 1. The molecule has 0 saturated carbocycles. The Kier molecular flexibility index (Phi) is 12.2. The van der Waals surface area contributed by atoms with Gasteiger partial charge in [0.1, 0.15) is 0 Å². The molecule has 0 aliphatic carbocycles. The van der Waals surface area contributed by atoms with Crippen LogP contribution in [0.3, 0.4) is 0 Å². The SMILES string of the molecule is CCNC(=NCc1cc(OC)c(OCC)c(OC)c1)NC(C)CC.I. The first-order valence-electron chi connectivity index (χ1n) is 8.51. The van der Waals surface area contributed by atoms with E-state index in [-0.39, 0.29) is 24.0 Å². The Balaban J connectivity index is 0.00000576. The van der Waals surface area contributed by atoms with E-state index in [0.29, 0.717) is 36.4 Å². The predicted octanol–water partition coefficient (Wildman–Crippen LogP) is 3.57. The van der Waals surface area contributed by atoms with Crippen LogP contribution >= 0.6 is 24.0 Å². The van der Waals surface area contributed by atoms with Crippen molar-refractivity contribution >= 4 is 29.9 Å². The van der Waals surface area contributed by atoms with Gasteiger partial charge in [0, 0.05) is 12.6 Å². The smallest absolute Gasteiger partial charge is 0.203 e. The number of aliphatic imine (C=N–C) groups is 1. The van der Waals surface area contributed by atoms with Gasteiger partial charge in [-0.15, -0.1) is 24.0 Å². The highest BCUT2D eigenvalue weighted by Gasteiger charge is 2.14. The molecule has 0 fully saturated rings. The second-order valence-corrected chi connectivity index (χ2v) is 5.41. The van der Waals surface area contributed by atoms with Crippen molar-refractivity contribution in [1.29, 1.82) is 0 Å². The number of benzene rings is 1. The molecular weight excluding hydrogens is 433 g/mol. The molecule has 25 heavy (non-hydrogen) atoms. The number of methoxy groups -OCH3 is 2. The quantitative estimate of drug-likeness (QED) is 0.332. The van der Waals surface area contributed by atoms with Gasteiger partial charge in [-0.3, -0.25) is 0 Å². The van der Waals surface area contributed by atoms with Crippen molar-refractivity contribution in [2.75, 3.05) is 27.4 Å². The van der Waals surface area contributed by atoms with Crippen LogP contribution in [-0.2, 0) is 6.54 Å². The minimum Gasteiger partial charge on any atom is -0.493 e. The first-order valence-corrected chi connectivity index (χ1v) is 8.51. The highest BCUT2D eigenvalue weighted by atomic mass is 127. The van der Waals surface area contributed by atoms with Crippen LogP contribution in [0.4, 0.5) is 0 Å². The average molecular weight is 465 g/mol. The van der Waals surface area contributed by atoms with Crippen molar-refractivity contribution in [3.8, 4) is 17.2 Å². The topological polar surface area (TPSA) is 64.1 Å². The maximum Gasteiger partial charge on any atom is 0.203 e. The number of rotatable bonds is 9. The summed E-state index contributed by atoms with van der Waals surface area (Å²) in [5.74, 6) is 2.74. The van der Waals surface area contributed by atoms with Crippen LogP contribution in [0.5, 0.6) is 17.2 Å². The van der Waals surface area contributed by atoms with Crippen LogP contribution in [-0.4, -0.2) is 39.4 Å². The lowest BCUT2D eigenvalue weighted by Crippen LogP contribution is -2.41. The van der Waals surface area contributed by atoms with Gasteiger partial charge in [0.2, 0.25) is 5.75 Å². The average Bonchev–Trinajstić information content (AvgIpc) is 2.60. The maximum atomic E-state index is 5.63. The molecule has 1 aromatic rings. The summed E-state index contributed by atoms with van der Waals surface area (Å²) in [4.78, 5) is 4.64. The number of nitrogens with one attached hydrogen (secondary N) is 2. The molecule has 0 aliphatic heterocycles. The minimum atomic E-state index is 0. The fraction of sp³-hybridized carbons (Fsp3) is 0.611. The van der Waals surface area contributed by atoms with Crippen LogP contribution in [0.1, 0.15) is 39.7 Å². The molecule has 0 aromatic heterocycles. The van der Waals surface area contributed by atoms with Gasteiger partial charge in [0.25, 0.3) is 0 Å². The summed E-state index contributed by atoms with van der Waals surface area (Å²) in [7, 11) is 3.25. The zero-order valence-electron chi connectivity index (χ0n) is 16.1. The second kappa shape index (κ2) is 12.9. The zero-order chi connectivity index (χ0) is 17.9. The Morgan fingerprint density at radius 3 is 2.16 bits per heavy atom. The fourth-order valence-corrected chi connectivity index (χ4v) is 2.14. The summed E-state index contributed by atoms with van der Waals surface area (Å²) in [6, 6.07) is 4.24. The van der Waals surface area contributed by atoms with E-state index in [1.807, 2.05) is 19.1 Å². The molecule has 7 heteroatoms. The molecule has 1 atom stereocenters. The van der Waals surface area contributed by atoms with E-state index in [2.05, 4.69) is 36.4 Å². The van der Waals surface area contributed by atoms with Gasteiger partial charge in [0.05, 0.1) is 27.4 Å². The minimum absolute atomic E-state index is 0. The molecular formula is C18H32IN3O3. The highest BCUT2D eigenvalue weighted by Crippen LogP contribution is 2.38. The largest absolute Gasteiger partial charge is 0.493 e. The molecule has 2 N–H and O–H groups in total. The van der Waals surface area contributed by atoms with Crippen LogP contribution in [0.25, 0.3) is 0 Å². The molecule has 0 bridgehead atoms. The standard InChI is InChI=1S/C18H31N3O3.HI/c1-7-13(4)21-18(19-8-2)20-12-14-10-15(22-5)17(24-9-3)16(11-14)23-6;/h10-11,13H,7-9,12H2,1-6H3,(H2,19,20,21);1H. The molecule has 1 unspecified atom stereocenters. The van der Waals surface area contributed by atoms with E-state index in [9.17, 15) is 0 Å². The number of halogens is 1. The van der Waals surface area contributed by atoms with E-state index in [0.717, 1.165) is 24.5 Å². The van der Waals surface area contributed by atoms with E-state index >= 15 is 0 Å². The van der Waals surface area contributed by atoms with Gasteiger partial charge in [-0.25, -0.2) is 4.99 Å². The Morgan fingerprint density at radius 1 is 1.12 bits per heavy atom. The third kappa shape index (κ3) is 7.58. The first-order chi connectivity index (χ1) is 11.6. The van der Waals surface area contributed by atoms with Gasteiger partial charge in [-0.2, -0.15) is 0 Å². The molecule has 0 amide bonds. The van der Waals surface area contributed by atoms with Crippen molar-refractivity contribution in [2.45, 2.75) is 46.7 Å². The lowest BCUT2D eigenvalue weighted by molar-refractivity contribution is 0.288. The molecule has 0 saturated heterocycles. The van der Waals surface area contributed by atoms with Crippen molar-refractivity contribution in [2.24, 2.45) is 4.99 Å². The normalized spacial score (nSPS) is 12.0. The van der Waals surface area contributed by atoms with Crippen molar-refractivity contribution in [1.82, 2.24) is 10.6 Å². The monoisotopic (exact) mass is 465 g/mol. The van der Waals surface area contributed by atoms with Crippen LogP contribution in [0.2, 0.25) is 0 Å². The number of guanidine groups is 1. The Hall–Kier alpha value is -1.38. The predicted molar refractivity (Wildman–Crippen MR) is 114 cm³/mol. The van der Waals surface area contributed by atoms with Crippen molar-refractivity contribution in [3.63, 3.8) is 0 Å². The van der Waals surface area contributed by atoms with E-state index in [1.165, 1.54) is 0 Å². The molecule has 1 aromatic carbocycles. The Labute approximate surface area is 168 Å². The Bertz CT molecular complexity index is 513. The fourth-order valence-electron chi connectivity index (χ4n) is 2.14. The van der Waals surface area contributed by atoms with E-state index in [1.54, 1.807) is 14.2 Å². The molecule has 0 spiro atoms. The van der Waals surface area contributed by atoms with Gasteiger partial charge in [-0.05, 0) is 44.9 Å². The van der Waals surface area contributed by atoms with E-state index in [4.69, 9.17) is 14.2 Å². The number of hydrogen-bond donors (Lipinski definition) is 2. The highest BCUT2D eigenvalue weighted by molar-refractivity contribution is 14.0. The molecule has 1 rings (SSSR count).